The molecule has 5 nitrogen and oxygen atoms in total. The summed E-state index contributed by atoms with van der Waals surface area (Å²) in [5.41, 5.74) is 0.264. The van der Waals surface area contributed by atoms with Crippen molar-refractivity contribution in [2.24, 2.45) is 5.92 Å². The van der Waals surface area contributed by atoms with Crippen LogP contribution in [0.5, 0.6) is 0 Å². The molecule has 0 bridgehead atoms. The van der Waals surface area contributed by atoms with Crippen LogP contribution in [0.1, 0.15) is 36.7 Å². The Labute approximate surface area is 88.1 Å². The van der Waals surface area contributed by atoms with E-state index in [2.05, 4.69) is 24.3 Å². The number of nitrogens with zero attached hydrogens (tertiary/aromatic N) is 2. The van der Waals surface area contributed by atoms with E-state index in [4.69, 9.17) is 5.11 Å². The summed E-state index contributed by atoms with van der Waals surface area (Å²) < 4.78 is 1.80. The van der Waals surface area contributed by atoms with Gasteiger partial charge in [-0.15, -0.1) is 0 Å². The molecule has 2 rings (SSSR count). The number of aromatic carboxylic acids is 1. The van der Waals surface area contributed by atoms with Gasteiger partial charge in [-0.3, -0.25) is 0 Å². The highest BCUT2D eigenvalue weighted by molar-refractivity contribution is 5.93. The Morgan fingerprint density at radius 3 is 3.13 bits per heavy atom. The summed E-state index contributed by atoms with van der Waals surface area (Å²) in [7, 11) is 0. The van der Waals surface area contributed by atoms with Crippen molar-refractivity contribution in [1.29, 1.82) is 0 Å². The first-order valence-corrected chi connectivity index (χ1v) is 5.19. The van der Waals surface area contributed by atoms with Crippen LogP contribution in [0.25, 0.3) is 0 Å². The number of anilines is 1. The Bertz CT molecular complexity index is 386. The van der Waals surface area contributed by atoms with Crippen LogP contribution >= 0.6 is 0 Å². The maximum Gasteiger partial charge on any atom is 0.341 e. The van der Waals surface area contributed by atoms with E-state index < -0.39 is 5.97 Å². The molecular formula is C10H15N3O2. The molecule has 2 atom stereocenters. The number of carboxylic acid groups (broad SMARTS) is 1. The van der Waals surface area contributed by atoms with Gasteiger partial charge in [0.15, 0.2) is 0 Å². The standard InChI is InChI=1S/C10H15N3O2/c1-3-8-6(2)4-11-9-7(10(14)15)5-12-13(8)9/h5-6,8,11H,3-4H2,1-2H3,(H,14,15). The fraction of sp³-hybridized carbons (Fsp3) is 0.600. The minimum Gasteiger partial charge on any atom is -0.477 e. The molecule has 2 N–H and O–H groups in total. The van der Waals surface area contributed by atoms with Crippen LogP contribution in [0.4, 0.5) is 5.82 Å². The lowest BCUT2D eigenvalue weighted by atomic mass is 9.98. The molecule has 1 aromatic heterocycles. The molecule has 0 fully saturated rings. The van der Waals surface area contributed by atoms with Crippen molar-refractivity contribution in [3.05, 3.63) is 11.8 Å². The van der Waals surface area contributed by atoms with Gasteiger partial charge in [-0.05, 0) is 12.3 Å². The summed E-state index contributed by atoms with van der Waals surface area (Å²) in [5.74, 6) is 0.199. The third-order valence-corrected chi connectivity index (χ3v) is 3.01. The Morgan fingerprint density at radius 1 is 1.80 bits per heavy atom. The van der Waals surface area contributed by atoms with E-state index in [1.165, 1.54) is 6.20 Å². The Morgan fingerprint density at radius 2 is 2.53 bits per heavy atom. The number of hydrogen-bond acceptors (Lipinski definition) is 3. The molecule has 1 aromatic rings. The molecule has 0 aliphatic carbocycles. The monoisotopic (exact) mass is 209 g/mol. The number of nitrogens with one attached hydrogen (secondary N) is 1. The van der Waals surface area contributed by atoms with Gasteiger partial charge in [0, 0.05) is 6.54 Å². The van der Waals surface area contributed by atoms with E-state index in [0.29, 0.717) is 17.8 Å². The largest absolute Gasteiger partial charge is 0.477 e. The molecule has 15 heavy (non-hydrogen) atoms. The van der Waals surface area contributed by atoms with Crippen LogP contribution < -0.4 is 5.32 Å². The topological polar surface area (TPSA) is 67.2 Å². The van der Waals surface area contributed by atoms with Crippen LogP contribution in [0.15, 0.2) is 6.20 Å². The third kappa shape index (κ3) is 1.48. The molecular weight excluding hydrogens is 194 g/mol. The van der Waals surface area contributed by atoms with Crippen molar-refractivity contribution in [2.75, 3.05) is 11.9 Å². The van der Waals surface area contributed by atoms with Gasteiger partial charge in [0.1, 0.15) is 11.4 Å². The van der Waals surface area contributed by atoms with Gasteiger partial charge in [-0.25, -0.2) is 9.48 Å². The van der Waals surface area contributed by atoms with Gasteiger partial charge in [0.2, 0.25) is 0 Å². The molecule has 0 spiro atoms. The molecule has 0 radical (unpaired) electrons. The number of carboxylic acids is 1. The summed E-state index contributed by atoms with van der Waals surface area (Å²) in [6.07, 6.45) is 2.39. The van der Waals surface area contributed by atoms with E-state index in [-0.39, 0.29) is 5.56 Å². The predicted molar refractivity (Wildman–Crippen MR) is 56.2 cm³/mol. The van der Waals surface area contributed by atoms with Crippen molar-refractivity contribution in [2.45, 2.75) is 26.3 Å². The number of rotatable bonds is 2. The molecule has 0 aromatic carbocycles. The van der Waals surface area contributed by atoms with Crippen LogP contribution in [0.2, 0.25) is 0 Å². The summed E-state index contributed by atoms with van der Waals surface area (Å²) in [5, 5.41) is 16.2. The van der Waals surface area contributed by atoms with Gasteiger partial charge in [-0.2, -0.15) is 5.10 Å². The summed E-state index contributed by atoms with van der Waals surface area (Å²) in [6, 6.07) is 0.300. The van der Waals surface area contributed by atoms with Crippen LogP contribution in [0, 0.1) is 5.92 Å². The van der Waals surface area contributed by atoms with Gasteiger partial charge in [-0.1, -0.05) is 13.8 Å². The first-order valence-electron chi connectivity index (χ1n) is 5.19. The molecule has 0 saturated carbocycles. The van der Waals surface area contributed by atoms with E-state index in [1.807, 2.05) is 0 Å². The summed E-state index contributed by atoms with van der Waals surface area (Å²) in [6.45, 7) is 5.05. The highest BCUT2D eigenvalue weighted by Crippen LogP contribution is 2.31. The van der Waals surface area contributed by atoms with Crippen molar-refractivity contribution in [3.63, 3.8) is 0 Å². The Kier molecular flexibility index (Phi) is 2.38. The smallest absolute Gasteiger partial charge is 0.341 e. The lowest BCUT2D eigenvalue weighted by molar-refractivity contribution is 0.0697. The zero-order valence-corrected chi connectivity index (χ0v) is 8.90. The average Bonchev–Trinajstić information content (AvgIpc) is 2.61. The zero-order valence-electron chi connectivity index (χ0n) is 8.90. The second-order valence-corrected chi connectivity index (χ2v) is 3.99. The van der Waals surface area contributed by atoms with Crippen LogP contribution in [-0.2, 0) is 0 Å². The minimum atomic E-state index is -0.923. The fourth-order valence-electron chi connectivity index (χ4n) is 2.16. The van der Waals surface area contributed by atoms with Gasteiger partial charge < -0.3 is 10.4 Å². The van der Waals surface area contributed by atoms with Crippen molar-refractivity contribution < 1.29 is 9.90 Å². The maximum atomic E-state index is 10.9. The highest BCUT2D eigenvalue weighted by Gasteiger charge is 2.29. The lowest BCUT2D eigenvalue weighted by Gasteiger charge is -2.30. The van der Waals surface area contributed by atoms with E-state index in [9.17, 15) is 4.79 Å². The normalized spacial score (nSPS) is 24.4. The zero-order chi connectivity index (χ0) is 11.0. The van der Waals surface area contributed by atoms with Gasteiger partial charge >= 0.3 is 5.97 Å². The molecule has 2 heterocycles. The van der Waals surface area contributed by atoms with Crippen LogP contribution in [-0.4, -0.2) is 27.4 Å². The second-order valence-electron chi connectivity index (χ2n) is 3.99. The summed E-state index contributed by atoms with van der Waals surface area (Å²) in [4.78, 5) is 10.9. The van der Waals surface area contributed by atoms with Crippen molar-refractivity contribution >= 4 is 11.8 Å². The minimum absolute atomic E-state index is 0.264. The van der Waals surface area contributed by atoms with E-state index in [0.717, 1.165) is 13.0 Å². The predicted octanol–water partition coefficient (Wildman–Crippen LogP) is 1.59. The highest BCUT2D eigenvalue weighted by atomic mass is 16.4. The van der Waals surface area contributed by atoms with Crippen LogP contribution in [0.3, 0.4) is 0 Å². The van der Waals surface area contributed by atoms with Gasteiger partial charge in [0.05, 0.1) is 12.2 Å². The molecule has 0 amide bonds. The first-order chi connectivity index (χ1) is 7.15. The van der Waals surface area contributed by atoms with Crippen molar-refractivity contribution in [3.8, 4) is 0 Å². The van der Waals surface area contributed by atoms with E-state index >= 15 is 0 Å². The second kappa shape index (κ2) is 3.56. The first kappa shape index (κ1) is 10.0. The molecule has 1 aliphatic rings. The number of hydrogen-bond donors (Lipinski definition) is 2. The molecule has 82 valence electrons. The molecule has 0 saturated heterocycles. The quantitative estimate of drug-likeness (QED) is 0.776. The fourth-order valence-corrected chi connectivity index (χ4v) is 2.16. The summed E-state index contributed by atoms with van der Waals surface area (Å²) >= 11 is 0. The van der Waals surface area contributed by atoms with Gasteiger partial charge in [0.25, 0.3) is 0 Å². The Balaban J connectivity index is 2.44. The third-order valence-electron chi connectivity index (χ3n) is 3.01. The Hall–Kier alpha value is -1.52. The number of carbonyl (C=O) groups is 1. The molecule has 1 aliphatic heterocycles. The maximum absolute atomic E-state index is 10.9. The van der Waals surface area contributed by atoms with E-state index in [1.54, 1.807) is 4.68 Å². The molecule has 2 unspecified atom stereocenters. The average molecular weight is 209 g/mol. The number of fused-ring (bicyclic) bond motifs is 1. The number of aromatic nitrogens is 2. The lowest BCUT2D eigenvalue weighted by Crippen LogP contribution is -2.31. The SMILES string of the molecule is CCC1C(C)CNc2c(C(=O)O)cnn21. The van der Waals surface area contributed by atoms with Crippen molar-refractivity contribution in [1.82, 2.24) is 9.78 Å². The molecule has 5 heteroatoms.